The van der Waals surface area contributed by atoms with E-state index in [1.54, 1.807) is 0 Å². The molecule has 1 aromatic carbocycles. The highest BCUT2D eigenvalue weighted by atomic mass is 16.1. The second-order valence-corrected chi connectivity index (χ2v) is 3.57. The fourth-order valence-corrected chi connectivity index (χ4v) is 1.66. The Morgan fingerprint density at radius 2 is 2.29 bits per heavy atom. The van der Waals surface area contributed by atoms with Crippen molar-refractivity contribution in [3.05, 3.63) is 35.4 Å². The second kappa shape index (κ2) is 3.19. The number of nitrogens with one attached hydrogen (secondary N) is 1. The predicted molar refractivity (Wildman–Crippen MR) is 54.5 cm³/mol. The third-order valence-electron chi connectivity index (χ3n) is 2.67. The summed E-state index contributed by atoms with van der Waals surface area (Å²) in [4.78, 5) is 10.4. The first-order chi connectivity index (χ1) is 6.80. The molecule has 14 heavy (non-hydrogen) atoms. The molecule has 0 atom stereocenters. The first kappa shape index (κ1) is 8.83. The number of hydrogen-bond donors (Lipinski definition) is 1. The Kier molecular flexibility index (Phi) is 2.01. The van der Waals surface area contributed by atoms with Crippen LogP contribution in [-0.4, -0.2) is 6.41 Å². The van der Waals surface area contributed by atoms with Crippen LogP contribution in [0.15, 0.2) is 24.3 Å². The molecule has 0 saturated heterocycles. The summed E-state index contributed by atoms with van der Waals surface area (Å²) < 4.78 is 0. The summed E-state index contributed by atoms with van der Waals surface area (Å²) in [5, 5.41) is 2.85. The number of amides is 1. The van der Waals surface area contributed by atoms with Crippen LogP contribution in [0.2, 0.25) is 0 Å². The molecule has 0 radical (unpaired) electrons. The third kappa shape index (κ3) is 1.38. The standard InChI is InChI=1S/C12H11NO/c1-2-10-4-3-5-11(8-10)12(6-7-12)13-9-14/h1,3-5,8-9H,6-7H2,(H,13,14). The highest BCUT2D eigenvalue weighted by Crippen LogP contribution is 2.45. The van der Waals surface area contributed by atoms with Crippen molar-refractivity contribution in [2.45, 2.75) is 18.4 Å². The molecule has 2 heteroatoms. The molecule has 1 saturated carbocycles. The van der Waals surface area contributed by atoms with E-state index in [0.717, 1.165) is 30.4 Å². The van der Waals surface area contributed by atoms with Gasteiger partial charge in [-0.3, -0.25) is 4.79 Å². The highest BCUT2D eigenvalue weighted by molar-refractivity contribution is 5.52. The normalized spacial score (nSPS) is 16.8. The fourth-order valence-electron chi connectivity index (χ4n) is 1.66. The smallest absolute Gasteiger partial charge is 0.207 e. The minimum Gasteiger partial charge on any atom is -0.349 e. The molecular weight excluding hydrogens is 174 g/mol. The molecule has 70 valence electrons. The Balaban J connectivity index is 2.33. The average Bonchev–Trinajstić information content (AvgIpc) is 3.00. The number of carbonyl (C=O) groups excluding carboxylic acids is 1. The molecule has 0 unspecified atom stereocenters. The second-order valence-electron chi connectivity index (χ2n) is 3.57. The molecule has 0 aliphatic heterocycles. The van der Waals surface area contributed by atoms with Gasteiger partial charge in [-0.2, -0.15) is 0 Å². The molecule has 1 aliphatic carbocycles. The van der Waals surface area contributed by atoms with Crippen LogP contribution in [0.1, 0.15) is 24.0 Å². The topological polar surface area (TPSA) is 29.1 Å². The van der Waals surface area contributed by atoms with E-state index in [-0.39, 0.29) is 5.54 Å². The molecule has 0 aromatic heterocycles. The maximum Gasteiger partial charge on any atom is 0.207 e. The van der Waals surface area contributed by atoms with E-state index in [9.17, 15) is 4.79 Å². The molecular formula is C12H11NO. The number of rotatable bonds is 3. The number of terminal acetylenes is 1. The fraction of sp³-hybridized carbons (Fsp3) is 0.250. The molecule has 2 rings (SSSR count). The van der Waals surface area contributed by atoms with Crippen LogP contribution in [0.4, 0.5) is 0 Å². The van der Waals surface area contributed by atoms with Crippen molar-refractivity contribution in [3.8, 4) is 12.3 Å². The van der Waals surface area contributed by atoms with Gasteiger partial charge >= 0.3 is 0 Å². The SMILES string of the molecule is C#Cc1cccc(C2(NC=O)CC2)c1. The summed E-state index contributed by atoms with van der Waals surface area (Å²) in [6.07, 6.45) is 8.08. The first-order valence-corrected chi connectivity index (χ1v) is 4.59. The maximum absolute atomic E-state index is 10.4. The molecule has 1 fully saturated rings. The highest BCUT2D eigenvalue weighted by Gasteiger charge is 2.43. The summed E-state index contributed by atoms with van der Waals surface area (Å²) in [5.41, 5.74) is 1.84. The first-order valence-electron chi connectivity index (χ1n) is 4.59. The van der Waals surface area contributed by atoms with E-state index in [4.69, 9.17) is 6.42 Å². The Labute approximate surface area is 83.3 Å². The minimum atomic E-state index is -0.130. The molecule has 1 aromatic rings. The van der Waals surface area contributed by atoms with Gasteiger partial charge in [0.1, 0.15) is 0 Å². The molecule has 1 amide bonds. The van der Waals surface area contributed by atoms with Crippen LogP contribution >= 0.6 is 0 Å². The molecule has 1 aliphatic rings. The van der Waals surface area contributed by atoms with E-state index in [1.807, 2.05) is 24.3 Å². The van der Waals surface area contributed by atoms with Gasteiger partial charge in [-0.25, -0.2) is 0 Å². The van der Waals surface area contributed by atoms with Gasteiger partial charge in [-0.05, 0) is 30.5 Å². The monoisotopic (exact) mass is 185 g/mol. The van der Waals surface area contributed by atoms with E-state index in [2.05, 4.69) is 11.2 Å². The Morgan fingerprint density at radius 3 is 2.86 bits per heavy atom. The van der Waals surface area contributed by atoms with E-state index >= 15 is 0 Å². The Hall–Kier alpha value is -1.75. The molecule has 2 nitrogen and oxygen atoms in total. The zero-order valence-corrected chi connectivity index (χ0v) is 7.79. The van der Waals surface area contributed by atoms with Gasteiger partial charge in [0.05, 0.1) is 5.54 Å². The van der Waals surface area contributed by atoms with Gasteiger partial charge < -0.3 is 5.32 Å². The van der Waals surface area contributed by atoms with Crippen LogP contribution in [-0.2, 0) is 10.3 Å². The van der Waals surface area contributed by atoms with Gasteiger partial charge in [0.15, 0.2) is 0 Å². The summed E-state index contributed by atoms with van der Waals surface area (Å²) >= 11 is 0. The van der Waals surface area contributed by atoms with E-state index in [1.165, 1.54) is 0 Å². The van der Waals surface area contributed by atoms with Crippen molar-refractivity contribution in [3.63, 3.8) is 0 Å². The van der Waals surface area contributed by atoms with E-state index < -0.39 is 0 Å². The Morgan fingerprint density at radius 1 is 1.50 bits per heavy atom. The lowest BCUT2D eigenvalue weighted by Gasteiger charge is -2.14. The number of benzene rings is 1. The van der Waals surface area contributed by atoms with Crippen LogP contribution in [0.5, 0.6) is 0 Å². The van der Waals surface area contributed by atoms with Crippen molar-refractivity contribution < 1.29 is 4.79 Å². The van der Waals surface area contributed by atoms with Crippen molar-refractivity contribution in [2.24, 2.45) is 0 Å². The summed E-state index contributed by atoms with van der Waals surface area (Å²) in [6, 6.07) is 7.78. The molecule has 0 spiro atoms. The van der Waals surface area contributed by atoms with Crippen molar-refractivity contribution in [2.75, 3.05) is 0 Å². The average molecular weight is 185 g/mol. The Bertz CT molecular complexity index is 399. The van der Waals surface area contributed by atoms with Gasteiger partial charge in [0.2, 0.25) is 6.41 Å². The zero-order valence-electron chi connectivity index (χ0n) is 7.79. The lowest BCUT2D eigenvalue weighted by molar-refractivity contribution is -0.110. The van der Waals surface area contributed by atoms with Gasteiger partial charge in [-0.15, -0.1) is 6.42 Å². The summed E-state index contributed by atoms with van der Waals surface area (Å²) in [6.45, 7) is 0. The largest absolute Gasteiger partial charge is 0.349 e. The molecule has 1 N–H and O–H groups in total. The summed E-state index contributed by atoms with van der Waals surface area (Å²) in [7, 11) is 0. The molecule has 0 bridgehead atoms. The van der Waals surface area contributed by atoms with Crippen LogP contribution in [0, 0.1) is 12.3 Å². The van der Waals surface area contributed by atoms with Crippen molar-refractivity contribution in [1.29, 1.82) is 0 Å². The zero-order chi connectivity index (χ0) is 10.0. The number of hydrogen-bond acceptors (Lipinski definition) is 1. The molecule has 0 heterocycles. The number of carbonyl (C=O) groups is 1. The minimum absolute atomic E-state index is 0.130. The van der Waals surface area contributed by atoms with Crippen LogP contribution < -0.4 is 5.32 Å². The lowest BCUT2D eigenvalue weighted by atomic mass is 10.0. The van der Waals surface area contributed by atoms with Crippen LogP contribution in [0.3, 0.4) is 0 Å². The quantitative estimate of drug-likeness (QED) is 0.559. The van der Waals surface area contributed by atoms with Gasteiger partial charge in [-0.1, -0.05) is 18.1 Å². The third-order valence-corrected chi connectivity index (χ3v) is 2.67. The van der Waals surface area contributed by atoms with Crippen molar-refractivity contribution in [1.82, 2.24) is 5.32 Å². The van der Waals surface area contributed by atoms with E-state index in [0.29, 0.717) is 0 Å². The van der Waals surface area contributed by atoms with Gasteiger partial charge in [0, 0.05) is 5.56 Å². The van der Waals surface area contributed by atoms with Gasteiger partial charge in [0.25, 0.3) is 0 Å². The predicted octanol–water partition coefficient (Wildman–Crippen LogP) is 1.40. The van der Waals surface area contributed by atoms with Crippen molar-refractivity contribution >= 4 is 6.41 Å². The lowest BCUT2D eigenvalue weighted by Crippen LogP contribution is -2.27. The maximum atomic E-state index is 10.4. The summed E-state index contributed by atoms with van der Waals surface area (Å²) in [5.74, 6) is 2.59. The van der Waals surface area contributed by atoms with Crippen LogP contribution in [0.25, 0.3) is 0 Å².